The molecule has 1 unspecified atom stereocenters. The molecule has 2 rings (SSSR count). The molecule has 1 N–H and O–H groups in total. The summed E-state index contributed by atoms with van der Waals surface area (Å²) in [6.07, 6.45) is 2.91. The van der Waals surface area contributed by atoms with Crippen LogP contribution in [0, 0.1) is 13.8 Å². The number of amides is 1. The molecule has 7 nitrogen and oxygen atoms in total. The summed E-state index contributed by atoms with van der Waals surface area (Å²) in [6, 6.07) is 3.47. The summed E-state index contributed by atoms with van der Waals surface area (Å²) in [4.78, 5) is 21.5. The fraction of sp³-hybridized carbons (Fsp3) is 0.476. The van der Waals surface area contributed by atoms with E-state index in [-0.39, 0.29) is 11.9 Å². The van der Waals surface area contributed by atoms with Gasteiger partial charge in [-0.1, -0.05) is 11.8 Å². The van der Waals surface area contributed by atoms with Gasteiger partial charge in [-0.25, -0.2) is 9.97 Å². The minimum absolute atomic E-state index is 0.0426. The summed E-state index contributed by atoms with van der Waals surface area (Å²) in [5.41, 5.74) is 3.74. The van der Waals surface area contributed by atoms with Gasteiger partial charge in [0, 0.05) is 17.8 Å². The van der Waals surface area contributed by atoms with Crippen LogP contribution in [0.1, 0.15) is 41.9 Å². The summed E-state index contributed by atoms with van der Waals surface area (Å²) < 4.78 is 16.1. The smallest absolute Gasteiger partial charge is 0.220 e. The van der Waals surface area contributed by atoms with E-state index in [4.69, 9.17) is 14.2 Å². The van der Waals surface area contributed by atoms with Crippen molar-refractivity contribution in [3.8, 4) is 17.2 Å². The number of thioether (sulfide) groups is 1. The highest BCUT2D eigenvalue weighted by atomic mass is 32.2. The lowest BCUT2D eigenvalue weighted by atomic mass is 10.0. The van der Waals surface area contributed by atoms with E-state index in [2.05, 4.69) is 15.3 Å². The van der Waals surface area contributed by atoms with Gasteiger partial charge in [-0.15, -0.1) is 0 Å². The number of rotatable bonds is 9. The molecule has 0 saturated carbocycles. The Morgan fingerprint density at radius 3 is 2.07 bits per heavy atom. The van der Waals surface area contributed by atoms with E-state index in [0.717, 1.165) is 27.7 Å². The van der Waals surface area contributed by atoms with Crippen molar-refractivity contribution in [1.29, 1.82) is 0 Å². The zero-order valence-corrected chi connectivity index (χ0v) is 18.9. The fourth-order valence-electron chi connectivity index (χ4n) is 3.15. The van der Waals surface area contributed by atoms with Crippen molar-refractivity contribution in [2.75, 3.05) is 27.6 Å². The van der Waals surface area contributed by atoms with Gasteiger partial charge in [0.15, 0.2) is 16.7 Å². The number of aromatic nitrogens is 2. The standard InChI is InChI=1S/C21H29N3O4S/c1-12(15-10-17(26-4)20(28-6)18(11-15)27-5)22-19(25)9-8-16-13(2)23-21(29-7)24-14(16)3/h10-12H,8-9H2,1-7H3,(H,22,25). The van der Waals surface area contributed by atoms with Crippen LogP contribution in [-0.2, 0) is 11.2 Å². The van der Waals surface area contributed by atoms with Gasteiger partial charge in [0.05, 0.1) is 27.4 Å². The zero-order chi connectivity index (χ0) is 21.6. The number of ether oxygens (including phenoxy) is 3. The average Bonchev–Trinajstić information content (AvgIpc) is 2.71. The molecule has 29 heavy (non-hydrogen) atoms. The molecule has 1 aromatic carbocycles. The van der Waals surface area contributed by atoms with Crippen LogP contribution in [0.25, 0.3) is 0 Å². The number of benzene rings is 1. The third-order valence-electron chi connectivity index (χ3n) is 4.75. The second-order valence-corrected chi connectivity index (χ2v) is 7.38. The molecule has 0 spiro atoms. The van der Waals surface area contributed by atoms with Crippen molar-refractivity contribution < 1.29 is 19.0 Å². The Morgan fingerprint density at radius 2 is 1.62 bits per heavy atom. The number of aryl methyl sites for hydroxylation is 2. The largest absolute Gasteiger partial charge is 0.493 e. The molecule has 0 saturated heterocycles. The Labute approximate surface area is 176 Å². The van der Waals surface area contributed by atoms with Gasteiger partial charge in [-0.05, 0) is 56.7 Å². The normalized spacial score (nSPS) is 11.7. The number of nitrogens with one attached hydrogen (secondary N) is 1. The molecular weight excluding hydrogens is 390 g/mol. The van der Waals surface area contributed by atoms with Crippen molar-refractivity contribution in [2.45, 2.75) is 44.8 Å². The van der Waals surface area contributed by atoms with Gasteiger partial charge in [0.2, 0.25) is 11.7 Å². The van der Waals surface area contributed by atoms with Gasteiger partial charge < -0.3 is 19.5 Å². The number of carbonyl (C=O) groups excluding carboxylic acids is 1. The second kappa shape index (κ2) is 10.3. The first kappa shape index (κ1) is 22.8. The van der Waals surface area contributed by atoms with Gasteiger partial charge in [0.1, 0.15) is 0 Å². The van der Waals surface area contributed by atoms with Gasteiger partial charge in [-0.2, -0.15) is 0 Å². The lowest BCUT2D eigenvalue weighted by Gasteiger charge is -2.19. The quantitative estimate of drug-likeness (QED) is 0.491. The predicted molar refractivity (Wildman–Crippen MR) is 114 cm³/mol. The highest BCUT2D eigenvalue weighted by Crippen LogP contribution is 2.39. The predicted octanol–water partition coefficient (Wildman–Crippen LogP) is 3.65. The van der Waals surface area contributed by atoms with E-state index in [1.807, 2.05) is 39.2 Å². The lowest BCUT2D eigenvalue weighted by molar-refractivity contribution is -0.121. The number of nitrogens with zero attached hydrogens (tertiary/aromatic N) is 2. The minimum Gasteiger partial charge on any atom is -0.493 e. The Bertz CT molecular complexity index is 825. The maximum absolute atomic E-state index is 12.5. The Morgan fingerprint density at radius 1 is 1.07 bits per heavy atom. The topological polar surface area (TPSA) is 82.6 Å². The van der Waals surface area contributed by atoms with Crippen LogP contribution in [0.2, 0.25) is 0 Å². The highest BCUT2D eigenvalue weighted by Gasteiger charge is 2.18. The van der Waals surface area contributed by atoms with Crippen molar-refractivity contribution in [3.63, 3.8) is 0 Å². The SMILES string of the molecule is COc1cc(C(C)NC(=O)CCc2c(C)nc(SC)nc2C)cc(OC)c1OC. The van der Waals surface area contributed by atoms with Crippen LogP contribution in [0.15, 0.2) is 17.3 Å². The summed E-state index contributed by atoms with van der Waals surface area (Å²) >= 11 is 1.51. The molecular formula is C21H29N3O4S. The molecule has 0 fully saturated rings. The molecule has 0 aliphatic carbocycles. The van der Waals surface area contributed by atoms with Crippen LogP contribution < -0.4 is 19.5 Å². The van der Waals surface area contributed by atoms with Crippen molar-refractivity contribution in [2.24, 2.45) is 0 Å². The summed E-state index contributed by atoms with van der Waals surface area (Å²) in [7, 11) is 4.70. The Hall–Kier alpha value is -2.48. The van der Waals surface area contributed by atoms with Crippen molar-refractivity contribution >= 4 is 17.7 Å². The van der Waals surface area contributed by atoms with E-state index >= 15 is 0 Å². The Kier molecular flexibility index (Phi) is 8.13. The molecule has 0 aliphatic heterocycles. The molecule has 1 atom stereocenters. The van der Waals surface area contributed by atoms with E-state index in [9.17, 15) is 4.79 Å². The molecule has 8 heteroatoms. The molecule has 158 valence electrons. The Balaban J connectivity index is 2.08. The number of hydrogen-bond donors (Lipinski definition) is 1. The zero-order valence-electron chi connectivity index (χ0n) is 18.1. The number of methoxy groups -OCH3 is 3. The van der Waals surface area contributed by atoms with E-state index < -0.39 is 0 Å². The van der Waals surface area contributed by atoms with Crippen LogP contribution in [0.3, 0.4) is 0 Å². The van der Waals surface area contributed by atoms with Crippen LogP contribution in [0.4, 0.5) is 0 Å². The minimum atomic E-state index is -0.214. The third-order valence-corrected chi connectivity index (χ3v) is 5.30. The molecule has 1 heterocycles. The third kappa shape index (κ3) is 5.53. The van der Waals surface area contributed by atoms with Crippen LogP contribution in [-0.4, -0.2) is 43.5 Å². The maximum atomic E-state index is 12.5. The van der Waals surface area contributed by atoms with Crippen LogP contribution >= 0.6 is 11.8 Å². The highest BCUT2D eigenvalue weighted by molar-refractivity contribution is 7.98. The first-order chi connectivity index (χ1) is 13.8. The first-order valence-electron chi connectivity index (χ1n) is 9.31. The summed E-state index contributed by atoms with van der Waals surface area (Å²) in [5, 5.41) is 3.79. The average molecular weight is 420 g/mol. The number of hydrogen-bond acceptors (Lipinski definition) is 7. The van der Waals surface area contributed by atoms with Gasteiger partial charge in [0.25, 0.3) is 0 Å². The summed E-state index contributed by atoms with van der Waals surface area (Å²) in [6.45, 7) is 5.84. The fourth-order valence-corrected chi connectivity index (χ4v) is 3.61. The van der Waals surface area contributed by atoms with Crippen molar-refractivity contribution in [3.05, 3.63) is 34.6 Å². The molecule has 0 bridgehead atoms. The molecule has 1 amide bonds. The first-order valence-corrected chi connectivity index (χ1v) is 10.5. The van der Waals surface area contributed by atoms with Gasteiger partial charge >= 0.3 is 0 Å². The van der Waals surface area contributed by atoms with E-state index in [0.29, 0.717) is 30.1 Å². The molecule has 2 aromatic rings. The molecule has 0 radical (unpaired) electrons. The monoisotopic (exact) mass is 419 g/mol. The number of carbonyl (C=O) groups is 1. The second-order valence-electron chi connectivity index (χ2n) is 6.61. The maximum Gasteiger partial charge on any atom is 0.220 e. The van der Waals surface area contributed by atoms with Crippen LogP contribution in [0.5, 0.6) is 17.2 Å². The van der Waals surface area contributed by atoms with Crippen molar-refractivity contribution in [1.82, 2.24) is 15.3 Å². The summed E-state index contributed by atoms with van der Waals surface area (Å²) in [5.74, 6) is 1.59. The van der Waals surface area contributed by atoms with Gasteiger partial charge in [-0.3, -0.25) is 4.79 Å². The molecule has 1 aromatic heterocycles. The van der Waals surface area contributed by atoms with E-state index in [1.54, 1.807) is 21.3 Å². The lowest BCUT2D eigenvalue weighted by Crippen LogP contribution is -2.27. The molecule has 0 aliphatic rings. The van der Waals surface area contributed by atoms with E-state index in [1.165, 1.54) is 11.8 Å².